The van der Waals surface area contributed by atoms with Crippen molar-refractivity contribution in [3.8, 4) is 5.75 Å². The van der Waals surface area contributed by atoms with Gasteiger partial charge in [-0.1, -0.05) is 11.6 Å². The number of nitrogens with zero attached hydrogens (tertiary/aromatic N) is 1. The highest BCUT2D eigenvalue weighted by Gasteiger charge is 2.11. The monoisotopic (exact) mass is 251 g/mol. The first kappa shape index (κ1) is 11.7. The highest BCUT2D eigenvalue weighted by atomic mass is 35.5. The molecule has 0 bridgehead atoms. The Labute approximate surface area is 103 Å². The molecule has 4 nitrogen and oxygen atoms in total. The first-order valence-electron chi connectivity index (χ1n) is 5.08. The number of ether oxygens (including phenoxy) is 1. The number of carboxylic acid groups (broad SMARTS) is 1. The number of aromatic carboxylic acids is 1. The molecule has 0 spiro atoms. The van der Waals surface area contributed by atoms with E-state index in [0.717, 1.165) is 5.39 Å². The van der Waals surface area contributed by atoms with Gasteiger partial charge in [-0.2, -0.15) is 0 Å². The largest absolute Gasteiger partial charge is 0.494 e. The maximum absolute atomic E-state index is 10.9. The molecule has 88 valence electrons. The quantitative estimate of drug-likeness (QED) is 0.852. The van der Waals surface area contributed by atoms with Gasteiger partial charge in [-0.15, -0.1) is 0 Å². The molecule has 0 radical (unpaired) electrons. The molecule has 17 heavy (non-hydrogen) atoms. The minimum Gasteiger partial charge on any atom is -0.494 e. The Morgan fingerprint density at radius 1 is 1.47 bits per heavy atom. The molecule has 1 N–H and O–H groups in total. The average molecular weight is 252 g/mol. The number of halogens is 1. The molecule has 2 rings (SSSR count). The zero-order chi connectivity index (χ0) is 12.4. The lowest BCUT2D eigenvalue weighted by atomic mass is 10.1. The van der Waals surface area contributed by atoms with E-state index >= 15 is 0 Å². The smallest absolute Gasteiger partial charge is 0.338 e. The summed E-state index contributed by atoms with van der Waals surface area (Å²) >= 11 is 5.79. The Kier molecular flexibility index (Phi) is 3.15. The minimum absolute atomic E-state index is 0.00308. The SMILES string of the molecule is CCOc1ccc2cc(C(=O)O)c(Cl)nc2c1. The molecule has 0 saturated heterocycles. The molecule has 0 aliphatic heterocycles. The van der Waals surface area contributed by atoms with E-state index in [1.165, 1.54) is 6.07 Å². The van der Waals surface area contributed by atoms with Gasteiger partial charge in [-0.05, 0) is 25.1 Å². The number of hydrogen-bond donors (Lipinski definition) is 1. The van der Waals surface area contributed by atoms with Gasteiger partial charge in [0.05, 0.1) is 17.7 Å². The van der Waals surface area contributed by atoms with Crippen molar-refractivity contribution in [1.29, 1.82) is 0 Å². The van der Waals surface area contributed by atoms with Crippen LogP contribution in [0.2, 0.25) is 5.15 Å². The predicted molar refractivity (Wildman–Crippen MR) is 64.9 cm³/mol. The molecular formula is C12H10ClNO3. The van der Waals surface area contributed by atoms with Crippen molar-refractivity contribution >= 4 is 28.5 Å². The van der Waals surface area contributed by atoms with Crippen molar-refractivity contribution in [2.24, 2.45) is 0 Å². The molecule has 1 heterocycles. The van der Waals surface area contributed by atoms with Gasteiger partial charge in [0, 0.05) is 11.5 Å². The van der Waals surface area contributed by atoms with Gasteiger partial charge in [-0.25, -0.2) is 9.78 Å². The third kappa shape index (κ3) is 2.31. The number of hydrogen-bond acceptors (Lipinski definition) is 3. The lowest BCUT2D eigenvalue weighted by Gasteiger charge is -2.05. The van der Waals surface area contributed by atoms with Crippen molar-refractivity contribution in [3.05, 3.63) is 35.0 Å². The maximum atomic E-state index is 10.9. The Balaban J connectivity index is 2.57. The number of rotatable bonds is 3. The minimum atomic E-state index is -1.08. The number of carbonyl (C=O) groups is 1. The van der Waals surface area contributed by atoms with E-state index in [0.29, 0.717) is 17.9 Å². The van der Waals surface area contributed by atoms with E-state index in [1.807, 2.05) is 6.92 Å². The lowest BCUT2D eigenvalue weighted by molar-refractivity contribution is 0.0697. The van der Waals surface area contributed by atoms with Crippen molar-refractivity contribution in [3.63, 3.8) is 0 Å². The fraction of sp³-hybridized carbons (Fsp3) is 0.167. The van der Waals surface area contributed by atoms with Gasteiger partial charge in [0.2, 0.25) is 0 Å². The zero-order valence-corrected chi connectivity index (χ0v) is 9.86. The van der Waals surface area contributed by atoms with Gasteiger partial charge in [0.1, 0.15) is 10.9 Å². The van der Waals surface area contributed by atoms with Crippen LogP contribution in [0.3, 0.4) is 0 Å². The lowest BCUT2D eigenvalue weighted by Crippen LogP contribution is -1.99. The highest BCUT2D eigenvalue weighted by molar-refractivity contribution is 6.32. The number of benzene rings is 1. The van der Waals surface area contributed by atoms with Crippen molar-refractivity contribution in [1.82, 2.24) is 4.98 Å². The van der Waals surface area contributed by atoms with E-state index in [4.69, 9.17) is 21.4 Å². The summed E-state index contributed by atoms with van der Waals surface area (Å²) in [4.78, 5) is 14.9. The first-order chi connectivity index (χ1) is 8.11. The molecule has 0 unspecified atom stereocenters. The summed E-state index contributed by atoms with van der Waals surface area (Å²) in [6, 6.07) is 6.77. The summed E-state index contributed by atoms with van der Waals surface area (Å²) in [6.45, 7) is 2.45. The molecule has 2 aromatic rings. The molecule has 1 aromatic heterocycles. The fourth-order valence-corrected chi connectivity index (χ4v) is 1.76. The van der Waals surface area contributed by atoms with Gasteiger partial charge in [0.15, 0.2) is 0 Å². The van der Waals surface area contributed by atoms with Gasteiger partial charge >= 0.3 is 5.97 Å². The fourth-order valence-electron chi connectivity index (χ4n) is 1.53. The van der Waals surface area contributed by atoms with Crippen molar-refractivity contribution < 1.29 is 14.6 Å². The molecule has 0 aliphatic carbocycles. The normalized spacial score (nSPS) is 10.5. The van der Waals surface area contributed by atoms with Gasteiger partial charge in [-0.3, -0.25) is 0 Å². The Morgan fingerprint density at radius 2 is 2.24 bits per heavy atom. The summed E-state index contributed by atoms with van der Waals surface area (Å²) in [7, 11) is 0. The van der Waals surface area contributed by atoms with E-state index in [2.05, 4.69) is 4.98 Å². The van der Waals surface area contributed by atoms with Gasteiger partial charge in [0.25, 0.3) is 0 Å². The summed E-state index contributed by atoms with van der Waals surface area (Å²) in [6.07, 6.45) is 0. The molecule has 0 atom stereocenters. The molecule has 5 heteroatoms. The highest BCUT2D eigenvalue weighted by Crippen LogP contribution is 2.24. The third-order valence-electron chi connectivity index (χ3n) is 2.28. The second-order valence-corrected chi connectivity index (χ2v) is 3.78. The molecule has 0 saturated carbocycles. The van der Waals surface area contributed by atoms with E-state index in [1.54, 1.807) is 18.2 Å². The zero-order valence-electron chi connectivity index (χ0n) is 9.11. The summed E-state index contributed by atoms with van der Waals surface area (Å²) in [5.41, 5.74) is 0.620. The van der Waals surface area contributed by atoms with Crippen LogP contribution in [0.5, 0.6) is 5.75 Å². The summed E-state index contributed by atoms with van der Waals surface area (Å²) in [5.74, 6) is -0.398. The van der Waals surface area contributed by atoms with Crippen LogP contribution in [0.1, 0.15) is 17.3 Å². The van der Waals surface area contributed by atoms with Crippen LogP contribution in [0.4, 0.5) is 0 Å². The third-order valence-corrected chi connectivity index (χ3v) is 2.57. The number of aromatic nitrogens is 1. The van der Waals surface area contributed by atoms with E-state index in [-0.39, 0.29) is 10.7 Å². The number of fused-ring (bicyclic) bond motifs is 1. The molecule has 0 aliphatic rings. The molecule has 0 amide bonds. The van der Waals surface area contributed by atoms with Crippen LogP contribution < -0.4 is 4.74 Å². The van der Waals surface area contributed by atoms with Crippen LogP contribution in [0, 0.1) is 0 Å². The van der Waals surface area contributed by atoms with Crippen LogP contribution in [0.15, 0.2) is 24.3 Å². The predicted octanol–water partition coefficient (Wildman–Crippen LogP) is 2.99. The molecule has 1 aromatic carbocycles. The average Bonchev–Trinajstić information content (AvgIpc) is 2.28. The molecule has 0 fully saturated rings. The van der Waals surface area contributed by atoms with Crippen LogP contribution in [-0.4, -0.2) is 22.7 Å². The molecular weight excluding hydrogens is 242 g/mol. The summed E-state index contributed by atoms with van der Waals surface area (Å²) < 4.78 is 5.33. The van der Waals surface area contributed by atoms with Gasteiger partial charge < -0.3 is 9.84 Å². The van der Waals surface area contributed by atoms with Crippen LogP contribution in [0.25, 0.3) is 10.9 Å². The van der Waals surface area contributed by atoms with Crippen LogP contribution >= 0.6 is 11.6 Å². The van der Waals surface area contributed by atoms with E-state index in [9.17, 15) is 4.79 Å². The second-order valence-electron chi connectivity index (χ2n) is 3.42. The summed E-state index contributed by atoms with van der Waals surface area (Å²) in [5, 5.41) is 9.62. The number of carboxylic acids is 1. The van der Waals surface area contributed by atoms with Crippen molar-refractivity contribution in [2.75, 3.05) is 6.61 Å². The second kappa shape index (κ2) is 4.59. The standard InChI is InChI=1S/C12H10ClNO3/c1-2-17-8-4-3-7-5-9(12(15)16)11(13)14-10(7)6-8/h3-6H,2H2,1H3,(H,15,16). The van der Waals surface area contributed by atoms with Crippen molar-refractivity contribution in [2.45, 2.75) is 6.92 Å². The first-order valence-corrected chi connectivity index (χ1v) is 5.46. The Hall–Kier alpha value is -1.81. The van der Waals surface area contributed by atoms with Crippen LogP contribution in [-0.2, 0) is 0 Å². The Morgan fingerprint density at radius 3 is 2.88 bits per heavy atom. The maximum Gasteiger partial charge on any atom is 0.338 e. The number of pyridine rings is 1. The van der Waals surface area contributed by atoms with E-state index < -0.39 is 5.97 Å². The topological polar surface area (TPSA) is 59.4 Å². The Bertz CT molecular complexity index is 583.